The fourth-order valence-electron chi connectivity index (χ4n) is 1.64. The summed E-state index contributed by atoms with van der Waals surface area (Å²) in [5, 5.41) is 12.2. The van der Waals surface area contributed by atoms with E-state index in [9.17, 15) is 0 Å². The molecule has 4 nitrogen and oxygen atoms in total. The van der Waals surface area contributed by atoms with Gasteiger partial charge >= 0.3 is 0 Å². The lowest BCUT2D eigenvalue weighted by Crippen LogP contribution is -1.97. The normalized spacial score (nSPS) is 9.61. The monoisotopic (exact) mass is 239 g/mol. The van der Waals surface area contributed by atoms with Crippen LogP contribution in [-0.2, 0) is 0 Å². The fourth-order valence-corrected chi connectivity index (χ4v) is 1.64. The summed E-state index contributed by atoms with van der Waals surface area (Å²) >= 11 is 0. The Morgan fingerprint density at radius 1 is 1.28 bits per heavy atom. The van der Waals surface area contributed by atoms with Crippen LogP contribution < -0.4 is 10.1 Å². The van der Waals surface area contributed by atoms with Crippen LogP contribution in [0.3, 0.4) is 0 Å². The molecule has 0 aliphatic rings. The Balaban J connectivity index is 2.32. The van der Waals surface area contributed by atoms with E-state index in [0.717, 1.165) is 17.0 Å². The first-order valence-corrected chi connectivity index (χ1v) is 5.50. The minimum Gasteiger partial charge on any atom is -0.497 e. The highest BCUT2D eigenvalue weighted by Crippen LogP contribution is 2.25. The minimum absolute atomic E-state index is 0.570. The highest BCUT2D eigenvalue weighted by molar-refractivity contribution is 5.68. The van der Waals surface area contributed by atoms with Gasteiger partial charge < -0.3 is 10.1 Å². The molecule has 0 unspecified atom stereocenters. The number of rotatable bonds is 3. The van der Waals surface area contributed by atoms with Gasteiger partial charge in [0.15, 0.2) is 0 Å². The maximum atomic E-state index is 9.01. The topological polar surface area (TPSA) is 57.9 Å². The Hall–Kier alpha value is -2.54. The van der Waals surface area contributed by atoms with Crippen molar-refractivity contribution in [3.63, 3.8) is 0 Å². The average Bonchev–Trinajstić information content (AvgIpc) is 2.41. The van der Waals surface area contributed by atoms with E-state index in [1.54, 1.807) is 25.6 Å². The molecule has 0 saturated carbocycles. The second-order valence-corrected chi connectivity index (χ2v) is 3.84. The summed E-state index contributed by atoms with van der Waals surface area (Å²) in [6, 6.07) is 9.54. The molecule has 0 fully saturated rings. The zero-order chi connectivity index (χ0) is 13.0. The molecular weight excluding hydrogens is 226 g/mol. The number of hydrogen-bond acceptors (Lipinski definition) is 4. The largest absolute Gasteiger partial charge is 0.497 e. The maximum Gasteiger partial charge on any atom is 0.119 e. The Morgan fingerprint density at radius 2 is 2.11 bits per heavy atom. The molecule has 0 amide bonds. The van der Waals surface area contributed by atoms with Crippen LogP contribution in [-0.4, -0.2) is 12.1 Å². The van der Waals surface area contributed by atoms with Gasteiger partial charge in [0.1, 0.15) is 11.8 Å². The zero-order valence-electron chi connectivity index (χ0n) is 10.3. The highest BCUT2D eigenvalue weighted by Gasteiger charge is 2.04. The molecule has 2 rings (SSSR count). The number of anilines is 2. The van der Waals surface area contributed by atoms with E-state index in [2.05, 4.69) is 16.4 Å². The van der Waals surface area contributed by atoms with Gasteiger partial charge in [-0.1, -0.05) is 0 Å². The number of aryl methyl sites for hydroxylation is 1. The van der Waals surface area contributed by atoms with E-state index in [4.69, 9.17) is 10.00 Å². The maximum absolute atomic E-state index is 9.01. The van der Waals surface area contributed by atoms with Crippen molar-refractivity contribution in [3.8, 4) is 11.8 Å². The molecule has 0 aliphatic carbocycles. The molecule has 90 valence electrons. The Morgan fingerprint density at radius 3 is 2.78 bits per heavy atom. The Labute approximate surface area is 106 Å². The Kier molecular flexibility index (Phi) is 3.44. The lowest BCUT2D eigenvalue weighted by Gasteiger charge is -2.11. The predicted molar refractivity (Wildman–Crippen MR) is 70.0 cm³/mol. The predicted octanol–water partition coefficient (Wildman–Crippen LogP) is 3.01. The number of methoxy groups -OCH3 is 1. The third-order valence-electron chi connectivity index (χ3n) is 2.64. The van der Waals surface area contributed by atoms with E-state index in [1.165, 1.54) is 0 Å². The molecule has 4 heteroatoms. The van der Waals surface area contributed by atoms with E-state index < -0.39 is 0 Å². The summed E-state index contributed by atoms with van der Waals surface area (Å²) in [4.78, 5) is 4.01. The van der Waals surface area contributed by atoms with Crippen molar-refractivity contribution in [3.05, 3.63) is 47.8 Å². The van der Waals surface area contributed by atoms with Crippen LogP contribution in [0.5, 0.6) is 5.75 Å². The van der Waals surface area contributed by atoms with Gasteiger partial charge in [0.2, 0.25) is 0 Å². The molecule has 0 spiro atoms. The SMILES string of the molecule is COc1ccc(Nc2cnccc2C#N)c(C)c1. The highest BCUT2D eigenvalue weighted by atomic mass is 16.5. The van der Waals surface area contributed by atoms with E-state index >= 15 is 0 Å². The van der Waals surface area contributed by atoms with Crippen molar-refractivity contribution in [2.45, 2.75) is 6.92 Å². The first-order chi connectivity index (χ1) is 8.74. The van der Waals surface area contributed by atoms with Gasteiger partial charge in [-0.15, -0.1) is 0 Å². The molecule has 2 aromatic rings. The number of nitriles is 1. The number of aromatic nitrogens is 1. The van der Waals surface area contributed by atoms with Crippen LogP contribution in [0.2, 0.25) is 0 Å². The molecule has 0 saturated heterocycles. The first kappa shape index (κ1) is 11.9. The smallest absolute Gasteiger partial charge is 0.119 e. The minimum atomic E-state index is 0.570. The van der Waals surface area contributed by atoms with Crippen LogP contribution in [0.15, 0.2) is 36.7 Å². The van der Waals surface area contributed by atoms with E-state index in [1.807, 2.05) is 25.1 Å². The molecule has 1 N–H and O–H groups in total. The van der Waals surface area contributed by atoms with Crippen molar-refractivity contribution in [1.82, 2.24) is 4.98 Å². The molecule has 0 aliphatic heterocycles. The van der Waals surface area contributed by atoms with Crippen molar-refractivity contribution in [2.24, 2.45) is 0 Å². The van der Waals surface area contributed by atoms with Crippen LogP contribution in [0.25, 0.3) is 0 Å². The molecule has 18 heavy (non-hydrogen) atoms. The third-order valence-corrected chi connectivity index (χ3v) is 2.64. The molecule has 0 atom stereocenters. The van der Waals surface area contributed by atoms with Gasteiger partial charge in [-0.25, -0.2) is 0 Å². The van der Waals surface area contributed by atoms with Gasteiger partial charge in [-0.2, -0.15) is 5.26 Å². The molecule has 0 radical (unpaired) electrons. The second kappa shape index (κ2) is 5.19. The Bertz CT molecular complexity index is 602. The average molecular weight is 239 g/mol. The summed E-state index contributed by atoms with van der Waals surface area (Å²) in [6.45, 7) is 1.98. The molecule has 0 bridgehead atoms. The standard InChI is InChI=1S/C14H13N3O/c1-10-7-12(18-2)3-4-13(10)17-14-9-16-6-5-11(14)8-15/h3-7,9,17H,1-2H3. The van der Waals surface area contributed by atoms with E-state index in [0.29, 0.717) is 11.3 Å². The number of pyridine rings is 1. The van der Waals surface area contributed by atoms with E-state index in [-0.39, 0.29) is 0 Å². The van der Waals surface area contributed by atoms with Crippen LogP contribution in [0.1, 0.15) is 11.1 Å². The van der Waals surface area contributed by atoms with Gasteiger partial charge in [0.05, 0.1) is 24.6 Å². The van der Waals surface area contributed by atoms with Gasteiger partial charge in [0, 0.05) is 11.9 Å². The summed E-state index contributed by atoms with van der Waals surface area (Å²) in [5.41, 5.74) is 3.25. The lowest BCUT2D eigenvalue weighted by molar-refractivity contribution is 0.414. The molecule has 1 heterocycles. The summed E-state index contributed by atoms with van der Waals surface area (Å²) in [7, 11) is 1.64. The summed E-state index contributed by atoms with van der Waals surface area (Å²) < 4.78 is 5.15. The van der Waals surface area contributed by atoms with Crippen molar-refractivity contribution in [1.29, 1.82) is 5.26 Å². The lowest BCUT2D eigenvalue weighted by atomic mass is 10.1. The number of benzene rings is 1. The van der Waals surface area contributed by atoms with Gasteiger partial charge in [0.25, 0.3) is 0 Å². The quantitative estimate of drug-likeness (QED) is 0.894. The third kappa shape index (κ3) is 2.41. The van der Waals surface area contributed by atoms with Crippen LogP contribution >= 0.6 is 0 Å². The second-order valence-electron chi connectivity index (χ2n) is 3.84. The van der Waals surface area contributed by atoms with Crippen LogP contribution in [0.4, 0.5) is 11.4 Å². The molecule has 1 aromatic carbocycles. The summed E-state index contributed by atoms with van der Waals surface area (Å²) in [5.74, 6) is 0.810. The van der Waals surface area contributed by atoms with Gasteiger partial charge in [-0.3, -0.25) is 4.98 Å². The number of nitrogens with one attached hydrogen (secondary N) is 1. The summed E-state index contributed by atoms with van der Waals surface area (Å²) in [6.07, 6.45) is 3.24. The van der Waals surface area contributed by atoms with Crippen molar-refractivity contribution in [2.75, 3.05) is 12.4 Å². The number of nitrogens with zero attached hydrogens (tertiary/aromatic N) is 2. The zero-order valence-corrected chi connectivity index (χ0v) is 10.3. The van der Waals surface area contributed by atoms with Crippen molar-refractivity contribution < 1.29 is 4.74 Å². The van der Waals surface area contributed by atoms with Gasteiger partial charge in [-0.05, 0) is 36.8 Å². The number of hydrogen-bond donors (Lipinski definition) is 1. The van der Waals surface area contributed by atoms with Crippen LogP contribution in [0, 0.1) is 18.3 Å². The fraction of sp³-hybridized carbons (Fsp3) is 0.143. The molecular formula is C14H13N3O. The van der Waals surface area contributed by atoms with Crippen molar-refractivity contribution >= 4 is 11.4 Å². The molecule has 1 aromatic heterocycles. The first-order valence-electron chi connectivity index (χ1n) is 5.50. The number of ether oxygens (including phenoxy) is 1.